The quantitative estimate of drug-likeness (QED) is 0.228. The van der Waals surface area contributed by atoms with Gasteiger partial charge in [0.1, 0.15) is 20.1 Å². The second-order valence-corrected chi connectivity index (χ2v) is 19.3. The summed E-state index contributed by atoms with van der Waals surface area (Å²) in [6.45, 7) is 12.0. The molecular formula is C19H34BO4PS3. The largest absolute Gasteiger partial charge is 0.382 e. The SMILES string of the molecule is B[C@@H]1O[C@H](CC)[C@@H](O[P@@]2(=S)S[C@H]3C[C@H](C(=C)C)CC[C@]3(C)S2)[C@H]1OCCOC. The lowest BCUT2D eigenvalue weighted by Crippen LogP contribution is -2.37. The van der Waals surface area contributed by atoms with E-state index in [2.05, 4.69) is 35.2 Å². The molecule has 9 heteroatoms. The van der Waals surface area contributed by atoms with Gasteiger partial charge in [-0.2, -0.15) is 0 Å². The molecule has 0 amide bonds. The van der Waals surface area contributed by atoms with Crippen LogP contribution in [0.15, 0.2) is 12.2 Å². The van der Waals surface area contributed by atoms with Crippen molar-refractivity contribution in [2.24, 2.45) is 5.92 Å². The van der Waals surface area contributed by atoms with Crippen LogP contribution in [0.25, 0.3) is 0 Å². The molecule has 4 nitrogen and oxygen atoms in total. The Kier molecular flexibility index (Phi) is 8.15. The summed E-state index contributed by atoms with van der Waals surface area (Å²) >= 11 is 10.1. The number of allylic oxidation sites excluding steroid dienone is 1. The van der Waals surface area contributed by atoms with Crippen LogP contribution in [0.1, 0.15) is 46.5 Å². The summed E-state index contributed by atoms with van der Waals surface area (Å²) in [6.07, 6.45) is 4.35. The minimum absolute atomic E-state index is 0.0108. The summed E-state index contributed by atoms with van der Waals surface area (Å²) in [5, 5.41) is 0.548. The van der Waals surface area contributed by atoms with Crippen LogP contribution in [0, 0.1) is 5.92 Å². The first-order chi connectivity index (χ1) is 13.2. The van der Waals surface area contributed by atoms with Crippen LogP contribution in [0.5, 0.6) is 0 Å². The van der Waals surface area contributed by atoms with Crippen LogP contribution in [0.4, 0.5) is 0 Å². The number of methoxy groups -OCH3 is 1. The van der Waals surface area contributed by atoms with E-state index in [1.54, 1.807) is 7.11 Å². The summed E-state index contributed by atoms with van der Waals surface area (Å²) in [7, 11) is 3.77. The van der Waals surface area contributed by atoms with Crippen molar-refractivity contribution < 1.29 is 18.7 Å². The van der Waals surface area contributed by atoms with Crippen molar-refractivity contribution in [3.8, 4) is 0 Å². The standard InChI is InChI=1S/C19H34BO4PS3/c1-6-14-16(17(18(20)23-14)22-10-9-21-5)24-25(26)27-15-11-13(12(2)3)7-8-19(15,4)28-25/h13-18H,2,6-11,20H2,1,3-5H3/t13-,14-,15+,16-,17-,18-,19+,25-/m1/s1. The van der Waals surface area contributed by atoms with Crippen molar-refractivity contribution in [1.82, 2.24) is 0 Å². The van der Waals surface area contributed by atoms with Crippen molar-refractivity contribution in [1.29, 1.82) is 0 Å². The van der Waals surface area contributed by atoms with Crippen molar-refractivity contribution in [2.45, 2.75) is 80.8 Å². The molecule has 0 aromatic heterocycles. The van der Waals surface area contributed by atoms with Gasteiger partial charge in [-0.3, -0.25) is 0 Å². The van der Waals surface area contributed by atoms with E-state index in [9.17, 15) is 0 Å². The van der Waals surface area contributed by atoms with Gasteiger partial charge < -0.3 is 18.7 Å². The highest BCUT2D eigenvalue weighted by Gasteiger charge is 2.55. The van der Waals surface area contributed by atoms with E-state index in [-0.39, 0.29) is 29.1 Å². The number of rotatable bonds is 8. The molecule has 8 atom stereocenters. The van der Waals surface area contributed by atoms with Crippen LogP contribution in [0.2, 0.25) is 0 Å². The van der Waals surface area contributed by atoms with Crippen LogP contribution in [0.3, 0.4) is 0 Å². The van der Waals surface area contributed by atoms with Crippen molar-refractivity contribution in [2.75, 3.05) is 20.3 Å². The lowest BCUT2D eigenvalue weighted by Gasteiger charge is -2.38. The predicted octanol–water partition coefficient (Wildman–Crippen LogP) is 4.38. The number of fused-ring (bicyclic) bond motifs is 1. The van der Waals surface area contributed by atoms with E-state index >= 15 is 0 Å². The maximum Gasteiger partial charge on any atom is 0.175 e. The zero-order chi connectivity index (χ0) is 20.5. The molecule has 0 unspecified atom stereocenters. The van der Waals surface area contributed by atoms with Crippen molar-refractivity contribution in [3.63, 3.8) is 0 Å². The maximum absolute atomic E-state index is 6.77. The molecule has 28 heavy (non-hydrogen) atoms. The molecule has 1 aliphatic carbocycles. The number of hydrogen-bond acceptors (Lipinski definition) is 7. The summed E-state index contributed by atoms with van der Waals surface area (Å²) < 4.78 is 22.4. The van der Waals surface area contributed by atoms with E-state index < -0.39 is 4.67 Å². The van der Waals surface area contributed by atoms with Gasteiger partial charge in [-0.25, -0.2) is 0 Å². The van der Waals surface area contributed by atoms with Crippen LogP contribution < -0.4 is 0 Å². The van der Waals surface area contributed by atoms with E-state index in [4.69, 9.17) is 30.5 Å². The third-order valence-electron chi connectivity index (χ3n) is 6.24. The molecule has 0 aromatic carbocycles. The average Bonchev–Trinajstić information content (AvgIpc) is 3.07. The van der Waals surface area contributed by atoms with Gasteiger partial charge in [0, 0.05) is 17.1 Å². The van der Waals surface area contributed by atoms with Gasteiger partial charge >= 0.3 is 0 Å². The first-order valence-electron chi connectivity index (χ1n) is 10.3. The van der Waals surface area contributed by atoms with Gasteiger partial charge in [0.2, 0.25) is 0 Å². The fourth-order valence-corrected chi connectivity index (χ4v) is 18.5. The molecule has 1 saturated carbocycles. The highest BCUT2D eigenvalue weighted by Crippen LogP contribution is 2.84. The maximum atomic E-state index is 6.77. The third kappa shape index (κ3) is 5.07. The van der Waals surface area contributed by atoms with Crippen LogP contribution in [-0.2, 0) is 30.5 Å². The van der Waals surface area contributed by atoms with Gasteiger partial charge in [0.05, 0.1) is 25.3 Å². The van der Waals surface area contributed by atoms with Gasteiger partial charge in [-0.1, -0.05) is 41.8 Å². The van der Waals surface area contributed by atoms with Gasteiger partial charge in [0.15, 0.2) is 4.67 Å². The molecule has 0 bridgehead atoms. The third-order valence-corrected chi connectivity index (χ3v) is 16.4. The molecule has 3 fully saturated rings. The zero-order valence-electron chi connectivity index (χ0n) is 17.7. The van der Waals surface area contributed by atoms with Gasteiger partial charge in [-0.15, -0.1) is 0 Å². The van der Waals surface area contributed by atoms with Gasteiger partial charge in [-0.05, 0) is 57.3 Å². The minimum atomic E-state index is -2.05. The Balaban J connectivity index is 1.71. The molecule has 0 radical (unpaired) electrons. The van der Waals surface area contributed by atoms with E-state index in [1.807, 2.05) is 22.8 Å². The molecule has 0 N–H and O–H groups in total. The molecule has 2 saturated heterocycles. The predicted molar refractivity (Wildman–Crippen MR) is 128 cm³/mol. The molecule has 2 aliphatic heterocycles. The average molecular weight is 464 g/mol. The molecule has 3 rings (SSSR count). The van der Waals surface area contributed by atoms with E-state index in [0.29, 0.717) is 24.4 Å². The smallest absolute Gasteiger partial charge is 0.175 e. The Labute approximate surface area is 184 Å². The second-order valence-electron chi connectivity index (χ2n) is 8.45. The Morgan fingerprint density at radius 1 is 1.39 bits per heavy atom. The molecule has 0 spiro atoms. The molecule has 3 aliphatic rings. The Bertz CT molecular complexity index is 624. The minimum Gasteiger partial charge on any atom is -0.382 e. The Hall–Kier alpha value is 0.995. The second kappa shape index (κ2) is 9.64. The van der Waals surface area contributed by atoms with Gasteiger partial charge in [0.25, 0.3) is 0 Å². The first kappa shape index (κ1) is 23.7. The molecule has 2 heterocycles. The molecule has 160 valence electrons. The summed E-state index contributed by atoms with van der Waals surface area (Å²) in [4.78, 5) is 0. The molecule has 0 aromatic rings. The van der Waals surface area contributed by atoms with Crippen LogP contribution >= 0.6 is 27.4 Å². The lowest BCUT2D eigenvalue weighted by molar-refractivity contribution is -0.0266. The first-order valence-corrected chi connectivity index (χ1v) is 15.9. The summed E-state index contributed by atoms with van der Waals surface area (Å²) in [5.74, 6) is 0.621. The summed E-state index contributed by atoms with van der Waals surface area (Å²) in [6, 6.07) is 0.0108. The topological polar surface area (TPSA) is 36.9 Å². The number of ether oxygens (including phenoxy) is 3. The number of hydrogen-bond donors (Lipinski definition) is 0. The fourth-order valence-electron chi connectivity index (χ4n) is 4.45. The molecular weight excluding hydrogens is 430 g/mol. The van der Waals surface area contributed by atoms with E-state index in [0.717, 1.165) is 6.42 Å². The van der Waals surface area contributed by atoms with Crippen LogP contribution in [-0.4, -0.2) is 62.5 Å². The van der Waals surface area contributed by atoms with Crippen molar-refractivity contribution >= 4 is 47.1 Å². The zero-order valence-corrected chi connectivity index (χ0v) is 21.1. The highest BCUT2D eigenvalue weighted by atomic mass is 33.2. The monoisotopic (exact) mass is 464 g/mol. The fraction of sp³-hybridized carbons (Fsp3) is 0.895. The normalized spacial score (nSPS) is 45.9. The van der Waals surface area contributed by atoms with E-state index in [1.165, 1.54) is 24.8 Å². The highest BCUT2D eigenvalue weighted by molar-refractivity contribution is 9.01. The van der Waals surface area contributed by atoms with Crippen molar-refractivity contribution in [3.05, 3.63) is 12.2 Å². The summed E-state index contributed by atoms with van der Waals surface area (Å²) in [5.41, 5.74) is 1.31. The Morgan fingerprint density at radius 2 is 2.14 bits per heavy atom. The lowest BCUT2D eigenvalue weighted by atomic mass is 9.79. The Morgan fingerprint density at radius 3 is 2.79 bits per heavy atom.